The number of hydrogen-bond donors (Lipinski definition) is 1. The lowest BCUT2D eigenvalue weighted by Crippen LogP contribution is -2.49. The predicted molar refractivity (Wildman–Crippen MR) is 134 cm³/mol. The van der Waals surface area contributed by atoms with Gasteiger partial charge in [0.1, 0.15) is 5.82 Å². The van der Waals surface area contributed by atoms with Gasteiger partial charge in [0.25, 0.3) is 11.6 Å². The number of carbonyl (C=O) groups excluding carboxylic acids is 2. The topological polar surface area (TPSA) is 91.6 Å². The van der Waals surface area contributed by atoms with E-state index in [1.807, 2.05) is 23.1 Å². The summed E-state index contributed by atoms with van der Waals surface area (Å²) < 4.78 is 18.7. The first-order valence-corrected chi connectivity index (χ1v) is 11.9. The molecule has 2 aromatic carbocycles. The Morgan fingerprint density at radius 1 is 1.03 bits per heavy atom. The molecule has 3 heterocycles. The van der Waals surface area contributed by atoms with Crippen LogP contribution in [0.2, 0.25) is 0 Å². The van der Waals surface area contributed by atoms with E-state index in [4.69, 9.17) is 4.52 Å². The van der Waals surface area contributed by atoms with Gasteiger partial charge in [-0.15, -0.1) is 0 Å². The van der Waals surface area contributed by atoms with Gasteiger partial charge in [0, 0.05) is 50.4 Å². The van der Waals surface area contributed by atoms with Gasteiger partial charge in [-0.3, -0.25) is 9.59 Å². The van der Waals surface area contributed by atoms with Crippen molar-refractivity contribution < 1.29 is 18.5 Å². The average molecular weight is 488 g/mol. The maximum absolute atomic E-state index is 13.4. The van der Waals surface area contributed by atoms with Crippen LogP contribution in [0.1, 0.15) is 22.5 Å². The van der Waals surface area contributed by atoms with E-state index < -0.39 is 0 Å². The number of amides is 2. The second-order valence-corrected chi connectivity index (χ2v) is 8.72. The second-order valence-electron chi connectivity index (χ2n) is 8.72. The fourth-order valence-electron chi connectivity index (χ4n) is 4.43. The molecule has 0 aliphatic carbocycles. The van der Waals surface area contributed by atoms with Crippen molar-refractivity contribution in [2.45, 2.75) is 13.3 Å². The first kappa shape index (κ1) is 23.5. The molecule has 1 fully saturated rings. The minimum Gasteiger partial charge on any atom is -0.368 e. The number of aromatic nitrogens is 2. The van der Waals surface area contributed by atoms with Crippen molar-refractivity contribution in [3.63, 3.8) is 0 Å². The monoisotopic (exact) mass is 487 g/mol. The molecule has 0 unspecified atom stereocenters. The summed E-state index contributed by atoms with van der Waals surface area (Å²) in [6.45, 7) is 4.78. The fourth-order valence-corrected chi connectivity index (χ4v) is 4.43. The third-order valence-corrected chi connectivity index (χ3v) is 6.38. The van der Waals surface area contributed by atoms with Crippen LogP contribution < -0.4 is 10.2 Å². The average Bonchev–Trinajstić information content (AvgIpc) is 3.29. The van der Waals surface area contributed by atoms with E-state index in [2.05, 4.69) is 32.5 Å². The highest BCUT2D eigenvalue weighted by Gasteiger charge is 2.22. The van der Waals surface area contributed by atoms with Gasteiger partial charge in [-0.25, -0.2) is 9.37 Å². The van der Waals surface area contributed by atoms with Gasteiger partial charge in [0.2, 0.25) is 5.91 Å². The van der Waals surface area contributed by atoms with E-state index in [1.54, 1.807) is 25.1 Å². The Morgan fingerprint density at radius 2 is 1.75 bits per heavy atom. The maximum atomic E-state index is 13.4. The molecule has 36 heavy (non-hydrogen) atoms. The normalized spacial score (nSPS) is 13.7. The Morgan fingerprint density at radius 3 is 2.47 bits per heavy atom. The van der Waals surface area contributed by atoms with Crippen LogP contribution in [0.25, 0.3) is 22.4 Å². The summed E-state index contributed by atoms with van der Waals surface area (Å²) in [6, 6.07) is 17.6. The van der Waals surface area contributed by atoms with Crippen LogP contribution in [0, 0.1) is 12.7 Å². The van der Waals surface area contributed by atoms with E-state index in [0.29, 0.717) is 41.0 Å². The molecule has 0 radical (unpaired) electrons. The highest BCUT2D eigenvalue weighted by Crippen LogP contribution is 2.27. The summed E-state index contributed by atoms with van der Waals surface area (Å²) in [6.07, 6.45) is 0.207. The van der Waals surface area contributed by atoms with E-state index in [9.17, 15) is 14.0 Å². The number of carbonyl (C=O) groups is 2. The summed E-state index contributed by atoms with van der Waals surface area (Å²) in [5.41, 5.74) is 3.39. The number of nitrogens with one attached hydrogen (secondary N) is 1. The Kier molecular flexibility index (Phi) is 6.62. The molecule has 0 spiro atoms. The molecule has 184 valence electrons. The largest absolute Gasteiger partial charge is 0.368 e. The van der Waals surface area contributed by atoms with Gasteiger partial charge in [0.15, 0.2) is 0 Å². The van der Waals surface area contributed by atoms with Gasteiger partial charge in [-0.05, 0) is 49.4 Å². The molecule has 1 aliphatic rings. The van der Waals surface area contributed by atoms with Crippen molar-refractivity contribution in [2.24, 2.45) is 0 Å². The van der Waals surface area contributed by atoms with E-state index >= 15 is 0 Å². The number of piperazine rings is 1. The zero-order chi connectivity index (χ0) is 25.1. The molecule has 0 bridgehead atoms. The molecule has 1 saturated heterocycles. The van der Waals surface area contributed by atoms with Crippen LogP contribution in [-0.4, -0.2) is 59.6 Å². The van der Waals surface area contributed by atoms with Gasteiger partial charge >= 0.3 is 0 Å². The Hall–Kier alpha value is -4.27. The Labute approximate surface area is 207 Å². The van der Waals surface area contributed by atoms with E-state index in [0.717, 1.165) is 18.8 Å². The molecule has 5 rings (SSSR count). The van der Waals surface area contributed by atoms with Crippen LogP contribution in [-0.2, 0) is 4.79 Å². The molecule has 2 aromatic heterocycles. The van der Waals surface area contributed by atoms with Crippen molar-refractivity contribution in [1.82, 2.24) is 20.4 Å². The third kappa shape index (κ3) is 4.91. The highest BCUT2D eigenvalue weighted by molar-refractivity contribution is 6.07. The molecular formula is C27H26FN5O3. The van der Waals surface area contributed by atoms with Crippen molar-refractivity contribution in [3.05, 3.63) is 77.7 Å². The van der Waals surface area contributed by atoms with E-state index in [-0.39, 0.29) is 36.3 Å². The number of hydrogen-bond acceptors (Lipinski definition) is 6. The number of fused-ring (bicyclic) bond motifs is 1. The second kappa shape index (κ2) is 10.2. The lowest BCUT2D eigenvalue weighted by atomic mass is 10.0. The molecule has 0 atom stereocenters. The lowest BCUT2D eigenvalue weighted by Gasteiger charge is -2.36. The maximum Gasteiger partial charge on any atom is 0.259 e. The minimum atomic E-state index is -0.362. The van der Waals surface area contributed by atoms with Gasteiger partial charge in [-0.1, -0.05) is 23.4 Å². The highest BCUT2D eigenvalue weighted by atomic mass is 19.1. The van der Waals surface area contributed by atoms with Crippen LogP contribution in [0.3, 0.4) is 0 Å². The minimum absolute atomic E-state index is 0.0102. The van der Waals surface area contributed by atoms with Crippen molar-refractivity contribution in [3.8, 4) is 11.3 Å². The van der Waals surface area contributed by atoms with Crippen LogP contribution in [0.5, 0.6) is 0 Å². The molecular weight excluding hydrogens is 461 g/mol. The van der Waals surface area contributed by atoms with Crippen molar-refractivity contribution >= 4 is 28.6 Å². The summed E-state index contributed by atoms with van der Waals surface area (Å²) >= 11 is 0. The van der Waals surface area contributed by atoms with Gasteiger partial charge < -0.3 is 19.6 Å². The molecule has 1 N–H and O–H groups in total. The summed E-state index contributed by atoms with van der Waals surface area (Å²) in [4.78, 5) is 34.4. The van der Waals surface area contributed by atoms with Crippen LogP contribution >= 0.6 is 0 Å². The number of pyridine rings is 1. The smallest absolute Gasteiger partial charge is 0.259 e. The number of nitrogens with zero attached hydrogens (tertiary/aromatic N) is 4. The first-order chi connectivity index (χ1) is 17.5. The molecule has 2 amide bonds. The summed E-state index contributed by atoms with van der Waals surface area (Å²) in [5.74, 6) is -0.700. The molecule has 8 nitrogen and oxygen atoms in total. The number of aryl methyl sites for hydroxylation is 1. The van der Waals surface area contributed by atoms with Gasteiger partial charge in [0.05, 0.1) is 22.3 Å². The quantitative estimate of drug-likeness (QED) is 0.445. The van der Waals surface area contributed by atoms with Gasteiger partial charge in [-0.2, -0.15) is 0 Å². The van der Waals surface area contributed by atoms with Crippen molar-refractivity contribution in [1.29, 1.82) is 0 Å². The number of halogens is 1. The molecule has 4 aromatic rings. The molecule has 1 aliphatic heterocycles. The van der Waals surface area contributed by atoms with Crippen molar-refractivity contribution in [2.75, 3.05) is 37.6 Å². The standard InChI is InChI=1S/C27H26FN5O3/c1-18-25-22(17-23(30-27(25)36-31-18)19-7-9-20(28)10-8-19)26(35)29-12-11-24(34)33-15-13-32(14-16-33)21-5-3-2-4-6-21/h2-10,17H,11-16H2,1H3,(H,29,35). The number of rotatable bonds is 6. The molecule has 0 saturated carbocycles. The zero-order valence-electron chi connectivity index (χ0n) is 19.9. The Bertz CT molecular complexity index is 1380. The lowest BCUT2D eigenvalue weighted by molar-refractivity contribution is -0.131. The van der Waals surface area contributed by atoms with Crippen LogP contribution in [0.4, 0.5) is 10.1 Å². The summed E-state index contributed by atoms with van der Waals surface area (Å²) in [7, 11) is 0. The SMILES string of the molecule is Cc1noc2nc(-c3ccc(F)cc3)cc(C(=O)NCCC(=O)N3CCN(c4ccccc4)CC3)c12. The number of anilines is 1. The summed E-state index contributed by atoms with van der Waals surface area (Å²) in [5, 5.41) is 7.31. The fraction of sp³-hybridized carbons (Fsp3) is 0.259. The third-order valence-electron chi connectivity index (χ3n) is 6.38. The van der Waals surface area contributed by atoms with Crippen LogP contribution in [0.15, 0.2) is 65.2 Å². The zero-order valence-corrected chi connectivity index (χ0v) is 19.9. The predicted octanol–water partition coefficient (Wildman–Crippen LogP) is 3.81. The number of para-hydroxylation sites is 1. The first-order valence-electron chi connectivity index (χ1n) is 11.9. The Balaban J connectivity index is 1.22. The van der Waals surface area contributed by atoms with E-state index in [1.165, 1.54) is 12.1 Å². The number of benzene rings is 2. The molecule has 9 heteroatoms.